The summed E-state index contributed by atoms with van der Waals surface area (Å²) in [5.41, 5.74) is -3.44. The lowest BCUT2D eigenvalue weighted by atomic mass is 10.1. The van der Waals surface area contributed by atoms with Gasteiger partial charge in [-0.15, -0.1) is 5.10 Å². The number of rotatable bonds is 4. The average molecular weight is 535 g/mol. The second kappa shape index (κ2) is 9.44. The average Bonchev–Trinajstić information content (AvgIpc) is 2.82. The van der Waals surface area contributed by atoms with Gasteiger partial charge < -0.3 is 0 Å². The Morgan fingerprint density at radius 3 is 2.28 bits per heavy atom. The molecule has 4 rings (SSSR count). The number of alkyl halides is 3. The van der Waals surface area contributed by atoms with Gasteiger partial charge >= 0.3 is 11.9 Å². The van der Waals surface area contributed by atoms with Crippen molar-refractivity contribution in [1.29, 1.82) is 5.26 Å². The van der Waals surface area contributed by atoms with Crippen molar-refractivity contribution in [2.75, 3.05) is 0 Å². The van der Waals surface area contributed by atoms with E-state index in [1.54, 1.807) is 6.07 Å². The Bertz CT molecular complexity index is 1700. The minimum Gasteiger partial charge on any atom is -0.270 e. The van der Waals surface area contributed by atoms with Gasteiger partial charge in [0.05, 0.1) is 22.6 Å². The van der Waals surface area contributed by atoms with Crippen LogP contribution in [0.1, 0.15) is 22.5 Å². The number of H-pyrrole nitrogens is 1. The van der Waals surface area contributed by atoms with Gasteiger partial charge in [0.25, 0.3) is 11.1 Å². The summed E-state index contributed by atoms with van der Waals surface area (Å²) in [6.45, 7) is 0. The fraction of sp³-hybridized carbons (Fsp3) is 0.0909. The first-order chi connectivity index (χ1) is 17.0. The largest absolute Gasteiger partial charge is 0.416 e. The maximum atomic E-state index is 13.1. The zero-order valence-electron chi connectivity index (χ0n) is 17.7. The third-order valence-electron chi connectivity index (χ3n) is 4.94. The van der Waals surface area contributed by atoms with Gasteiger partial charge in [0.15, 0.2) is 0 Å². The Morgan fingerprint density at radius 1 is 0.944 bits per heavy atom. The molecule has 0 saturated heterocycles. The quantitative estimate of drug-likeness (QED) is 0.428. The number of aromatic amines is 1. The first-order valence-corrected chi connectivity index (χ1v) is 10.6. The van der Waals surface area contributed by atoms with Crippen LogP contribution in [0.5, 0.6) is 0 Å². The summed E-state index contributed by atoms with van der Waals surface area (Å²) in [5.74, 6) is 0. The smallest absolute Gasteiger partial charge is 0.270 e. The fourth-order valence-electron chi connectivity index (χ4n) is 3.25. The number of nitriles is 1. The van der Waals surface area contributed by atoms with Crippen LogP contribution < -0.4 is 16.8 Å². The Morgan fingerprint density at radius 2 is 1.64 bits per heavy atom. The molecule has 9 nitrogen and oxygen atoms in total. The number of hydrogen-bond acceptors (Lipinski definition) is 6. The van der Waals surface area contributed by atoms with Crippen molar-refractivity contribution in [2.24, 2.45) is 0 Å². The molecule has 14 heteroatoms. The van der Waals surface area contributed by atoms with Crippen LogP contribution in [0.2, 0.25) is 10.0 Å². The van der Waals surface area contributed by atoms with E-state index in [1.165, 1.54) is 24.3 Å². The number of nitrogens with one attached hydrogen (secondary N) is 1. The van der Waals surface area contributed by atoms with Gasteiger partial charge in [0, 0.05) is 22.5 Å². The number of benzene rings is 2. The van der Waals surface area contributed by atoms with Crippen molar-refractivity contribution < 1.29 is 13.2 Å². The van der Waals surface area contributed by atoms with Crippen molar-refractivity contribution in [3.05, 3.63) is 112 Å². The molecule has 0 bridgehead atoms. The molecule has 1 N–H and O–H groups in total. The number of halogens is 5. The van der Waals surface area contributed by atoms with E-state index >= 15 is 0 Å². The second-order valence-electron chi connectivity index (χ2n) is 7.32. The monoisotopic (exact) mass is 534 g/mol. The molecule has 0 aliphatic heterocycles. The van der Waals surface area contributed by atoms with E-state index in [4.69, 9.17) is 28.5 Å². The van der Waals surface area contributed by atoms with Crippen LogP contribution in [0.15, 0.2) is 62.9 Å². The van der Waals surface area contributed by atoms with E-state index in [-0.39, 0.29) is 33.5 Å². The zero-order chi connectivity index (χ0) is 26.2. The van der Waals surface area contributed by atoms with Gasteiger partial charge in [0.2, 0.25) is 5.69 Å². The van der Waals surface area contributed by atoms with E-state index in [0.29, 0.717) is 5.56 Å². The van der Waals surface area contributed by atoms with E-state index in [9.17, 15) is 27.6 Å². The molecule has 0 unspecified atom stereocenters. The van der Waals surface area contributed by atoms with Gasteiger partial charge in [-0.25, -0.2) is 4.79 Å². The molecular formula is C22H11Cl2F3N6O3. The van der Waals surface area contributed by atoms with Crippen molar-refractivity contribution in [1.82, 2.24) is 24.5 Å². The lowest BCUT2D eigenvalue weighted by Gasteiger charge is -2.13. The van der Waals surface area contributed by atoms with Gasteiger partial charge in [-0.1, -0.05) is 29.3 Å². The van der Waals surface area contributed by atoms with Crippen LogP contribution in [-0.2, 0) is 12.6 Å². The highest BCUT2D eigenvalue weighted by Crippen LogP contribution is 2.31. The predicted molar refractivity (Wildman–Crippen MR) is 123 cm³/mol. The maximum Gasteiger partial charge on any atom is 0.416 e. The summed E-state index contributed by atoms with van der Waals surface area (Å²) >= 11 is 12.7. The van der Waals surface area contributed by atoms with E-state index in [1.807, 2.05) is 4.98 Å². The number of aromatic nitrogens is 5. The molecular weight excluding hydrogens is 524 g/mol. The van der Waals surface area contributed by atoms with Crippen LogP contribution in [0.25, 0.3) is 11.4 Å². The summed E-state index contributed by atoms with van der Waals surface area (Å²) in [5, 5.41) is 17.0. The fourth-order valence-corrected chi connectivity index (χ4v) is 3.86. The van der Waals surface area contributed by atoms with Gasteiger partial charge in [0.1, 0.15) is 6.07 Å². The lowest BCUT2D eigenvalue weighted by molar-refractivity contribution is -0.137. The summed E-state index contributed by atoms with van der Waals surface area (Å²) in [6, 6.07) is 10.9. The molecule has 36 heavy (non-hydrogen) atoms. The van der Waals surface area contributed by atoms with E-state index in [2.05, 4.69) is 10.2 Å². The zero-order valence-corrected chi connectivity index (χ0v) is 19.2. The molecule has 2 heterocycles. The van der Waals surface area contributed by atoms with Crippen molar-refractivity contribution in [3.8, 4) is 17.4 Å². The molecule has 0 aliphatic carbocycles. The number of nitrogens with zero attached hydrogens (tertiary/aromatic N) is 5. The molecule has 0 fully saturated rings. The Kier molecular flexibility index (Phi) is 6.53. The van der Waals surface area contributed by atoms with Gasteiger partial charge in [-0.05, 0) is 42.0 Å². The molecule has 0 atom stereocenters. The minimum absolute atomic E-state index is 0.0193. The molecule has 0 saturated carbocycles. The van der Waals surface area contributed by atoms with Gasteiger partial charge in [-0.2, -0.15) is 32.9 Å². The highest BCUT2D eigenvalue weighted by molar-refractivity contribution is 6.36. The molecule has 0 amide bonds. The topological polar surface area (TPSA) is 126 Å². The summed E-state index contributed by atoms with van der Waals surface area (Å²) in [7, 11) is 0. The van der Waals surface area contributed by atoms with Crippen LogP contribution in [-0.4, -0.2) is 24.5 Å². The standard InChI is InChI=1S/C22H11Cl2F3N6O3/c23-16-8-14(33-21(36)29-20(35)18(10-28)31-33)9-17(24)15(16)7-12-4-5-19(34)32(30-12)13-3-1-2-11(6-13)22(25,26)27/h1-6,8-9H,7H2,(H,29,35,36). The van der Waals surface area contributed by atoms with Crippen molar-refractivity contribution in [2.45, 2.75) is 12.6 Å². The molecule has 2 aromatic carbocycles. The molecule has 4 aromatic rings. The third-order valence-corrected chi connectivity index (χ3v) is 5.61. The van der Waals surface area contributed by atoms with Crippen molar-refractivity contribution >= 4 is 23.2 Å². The summed E-state index contributed by atoms with van der Waals surface area (Å²) in [6.07, 6.45) is -4.62. The predicted octanol–water partition coefficient (Wildman–Crippen LogP) is 3.25. The minimum atomic E-state index is -4.60. The first-order valence-electron chi connectivity index (χ1n) is 9.87. The van der Waals surface area contributed by atoms with Crippen LogP contribution in [0.3, 0.4) is 0 Å². The normalized spacial score (nSPS) is 11.3. The first kappa shape index (κ1) is 24.9. The van der Waals surface area contributed by atoms with E-state index < -0.39 is 34.2 Å². The Hall–Kier alpha value is -4.21. The summed E-state index contributed by atoms with van der Waals surface area (Å²) in [4.78, 5) is 38.0. The molecule has 182 valence electrons. The van der Waals surface area contributed by atoms with Gasteiger partial charge in [-0.3, -0.25) is 14.6 Å². The Labute approximate surface area is 208 Å². The molecule has 0 radical (unpaired) electrons. The highest BCUT2D eigenvalue weighted by atomic mass is 35.5. The molecule has 0 spiro atoms. The lowest BCUT2D eigenvalue weighted by Crippen LogP contribution is -2.33. The van der Waals surface area contributed by atoms with Crippen LogP contribution >= 0.6 is 23.2 Å². The summed E-state index contributed by atoms with van der Waals surface area (Å²) < 4.78 is 40.8. The third kappa shape index (κ3) is 4.93. The Balaban J connectivity index is 1.73. The molecule has 0 aliphatic rings. The molecule has 2 aromatic heterocycles. The van der Waals surface area contributed by atoms with E-state index in [0.717, 1.165) is 33.6 Å². The number of hydrogen-bond donors (Lipinski definition) is 1. The van der Waals surface area contributed by atoms with Crippen LogP contribution in [0, 0.1) is 11.3 Å². The van der Waals surface area contributed by atoms with Crippen molar-refractivity contribution in [3.63, 3.8) is 0 Å². The highest BCUT2D eigenvalue weighted by Gasteiger charge is 2.30. The SMILES string of the molecule is N#Cc1nn(-c2cc(Cl)c(Cc3ccc(=O)n(-c4cccc(C(F)(F)F)c4)n3)c(Cl)c2)c(=O)[nH]c1=O. The maximum absolute atomic E-state index is 13.1. The second-order valence-corrected chi connectivity index (χ2v) is 8.13. The van der Waals surface area contributed by atoms with Crippen LogP contribution in [0.4, 0.5) is 13.2 Å².